The predicted molar refractivity (Wildman–Crippen MR) is 139 cm³/mol. The average molecular weight is 552 g/mol. The second-order valence-electron chi connectivity index (χ2n) is 8.18. The molecule has 5 aromatic rings. The van der Waals surface area contributed by atoms with Gasteiger partial charge in [0.05, 0.1) is 23.6 Å². The number of halogens is 4. The molecule has 1 amide bonds. The van der Waals surface area contributed by atoms with E-state index in [0.717, 1.165) is 6.07 Å². The van der Waals surface area contributed by atoms with E-state index >= 15 is 0 Å². The standard InChI is InChI=1S/C28H17ClF3N3O4/c29-20-11-3-2-8-17(20)23-18-9-5-10-19(28(30,31)32)24(18)34-25(23)26(36)35-33-15-16-7-1-4-12-21(16)39-27(37)22-13-6-14-38-22/h1-15,34H,(H,35,36). The molecule has 196 valence electrons. The highest BCUT2D eigenvalue weighted by atomic mass is 35.5. The fourth-order valence-electron chi connectivity index (χ4n) is 4.01. The van der Waals surface area contributed by atoms with Gasteiger partial charge < -0.3 is 14.1 Å². The molecule has 3 aromatic carbocycles. The summed E-state index contributed by atoms with van der Waals surface area (Å²) in [5.74, 6) is -1.39. The molecule has 0 aliphatic rings. The number of alkyl halides is 3. The molecule has 7 nitrogen and oxygen atoms in total. The smallest absolute Gasteiger partial charge is 0.418 e. The molecule has 0 bridgehead atoms. The molecule has 39 heavy (non-hydrogen) atoms. The fourth-order valence-corrected chi connectivity index (χ4v) is 4.24. The zero-order valence-corrected chi connectivity index (χ0v) is 20.5. The molecule has 2 N–H and O–H groups in total. The summed E-state index contributed by atoms with van der Waals surface area (Å²) in [6.45, 7) is 0. The second-order valence-corrected chi connectivity index (χ2v) is 8.59. The number of fused-ring (bicyclic) bond motifs is 1. The Morgan fingerprint density at radius 3 is 2.49 bits per heavy atom. The van der Waals surface area contributed by atoms with Gasteiger partial charge >= 0.3 is 12.1 Å². The first-order valence-corrected chi connectivity index (χ1v) is 11.8. The lowest BCUT2D eigenvalue weighted by Crippen LogP contribution is -2.19. The van der Waals surface area contributed by atoms with Crippen molar-refractivity contribution in [2.24, 2.45) is 5.10 Å². The number of aromatic nitrogens is 1. The van der Waals surface area contributed by atoms with Crippen molar-refractivity contribution < 1.29 is 31.9 Å². The van der Waals surface area contributed by atoms with Crippen LogP contribution in [-0.4, -0.2) is 23.1 Å². The molecule has 0 atom stereocenters. The van der Waals surface area contributed by atoms with Crippen molar-refractivity contribution >= 4 is 40.6 Å². The van der Waals surface area contributed by atoms with E-state index in [4.69, 9.17) is 20.8 Å². The first-order valence-electron chi connectivity index (χ1n) is 11.4. The van der Waals surface area contributed by atoms with Crippen molar-refractivity contribution in [3.05, 3.63) is 113 Å². The maximum atomic E-state index is 13.7. The van der Waals surface area contributed by atoms with Crippen molar-refractivity contribution in [3.63, 3.8) is 0 Å². The van der Waals surface area contributed by atoms with E-state index in [1.54, 1.807) is 42.5 Å². The largest absolute Gasteiger partial charge is 0.457 e. The van der Waals surface area contributed by atoms with E-state index in [0.29, 0.717) is 11.1 Å². The molecular weight excluding hydrogens is 535 g/mol. The number of hydrazone groups is 1. The number of nitrogens with zero attached hydrogens (tertiary/aromatic N) is 1. The predicted octanol–water partition coefficient (Wildman–Crippen LogP) is 7.08. The Balaban J connectivity index is 1.48. The van der Waals surface area contributed by atoms with Crippen molar-refractivity contribution in [1.29, 1.82) is 0 Å². The maximum Gasteiger partial charge on any atom is 0.418 e. The van der Waals surface area contributed by atoms with E-state index < -0.39 is 23.6 Å². The number of hydrogen-bond donors (Lipinski definition) is 2. The van der Waals surface area contributed by atoms with Gasteiger partial charge in [-0.3, -0.25) is 4.79 Å². The number of nitrogens with one attached hydrogen (secondary N) is 2. The van der Waals surface area contributed by atoms with Crippen LogP contribution >= 0.6 is 11.6 Å². The van der Waals surface area contributed by atoms with Crippen LogP contribution in [0.4, 0.5) is 13.2 Å². The number of carbonyl (C=O) groups is 2. The summed E-state index contributed by atoms with van der Waals surface area (Å²) in [5.41, 5.74) is 1.88. The third-order valence-electron chi connectivity index (χ3n) is 5.72. The van der Waals surface area contributed by atoms with Gasteiger partial charge in [-0.25, -0.2) is 10.2 Å². The highest BCUT2D eigenvalue weighted by Gasteiger charge is 2.35. The van der Waals surface area contributed by atoms with Gasteiger partial charge in [-0.2, -0.15) is 18.3 Å². The van der Waals surface area contributed by atoms with E-state index in [2.05, 4.69) is 15.5 Å². The molecular formula is C28H17ClF3N3O4. The van der Waals surface area contributed by atoms with Gasteiger partial charge in [0.1, 0.15) is 11.4 Å². The Morgan fingerprint density at radius 2 is 1.74 bits per heavy atom. The van der Waals surface area contributed by atoms with Crippen LogP contribution in [-0.2, 0) is 6.18 Å². The van der Waals surface area contributed by atoms with E-state index in [1.165, 1.54) is 42.8 Å². The van der Waals surface area contributed by atoms with E-state index in [-0.39, 0.29) is 38.7 Å². The van der Waals surface area contributed by atoms with Gasteiger partial charge in [0.2, 0.25) is 5.76 Å². The normalized spacial score (nSPS) is 11.7. The Labute approximate surface area is 223 Å². The summed E-state index contributed by atoms with van der Waals surface area (Å²) in [6, 6.07) is 19.6. The van der Waals surface area contributed by atoms with Gasteiger partial charge in [-0.15, -0.1) is 0 Å². The number of para-hydroxylation sites is 2. The van der Waals surface area contributed by atoms with Gasteiger partial charge in [-0.05, 0) is 36.4 Å². The van der Waals surface area contributed by atoms with E-state index in [1.807, 2.05) is 0 Å². The molecule has 2 heterocycles. The Kier molecular flexibility index (Phi) is 6.95. The summed E-state index contributed by atoms with van der Waals surface area (Å²) in [6.07, 6.45) is -2.09. The van der Waals surface area contributed by atoms with E-state index in [9.17, 15) is 22.8 Å². The molecule has 0 saturated carbocycles. The third-order valence-corrected chi connectivity index (χ3v) is 6.05. The number of esters is 1. The first-order chi connectivity index (χ1) is 18.7. The van der Waals surface area contributed by atoms with Crippen LogP contribution in [0.5, 0.6) is 5.75 Å². The van der Waals surface area contributed by atoms with Gasteiger partial charge in [0, 0.05) is 27.1 Å². The minimum Gasteiger partial charge on any atom is -0.457 e. The number of rotatable bonds is 6. The highest BCUT2D eigenvalue weighted by Crippen LogP contribution is 2.41. The number of amides is 1. The molecule has 0 unspecified atom stereocenters. The number of benzene rings is 3. The average Bonchev–Trinajstić information content (AvgIpc) is 3.58. The number of ether oxygens (including phenoxy) is 1. The van der Waals surface area contributed by atoms with Crippen molar-refractivity contribution in [2.75, 3.05) is 0 Å². The summed E-state index contributed by atoms with van der Waals surface area (Å²) >= 11 is 6.36. The molecule has 0 spiro atoms. The molecule has 0 aliphatic carbocycles. The number of aromatic amines is 1. The van der Waals surface area contributed by atoms with Crippen LogP contribution in [0.1, 0.15) is 32.2 Å². The molecule has 0 radical (unpaired) electrons. The molecule has 11 heteroatoms. The number of carbonyl (C=O) groups excluding carboxylic acids is 2. The van der Waals surface area contributed by atoms with Crippen molar-refractivity contribution in [3.8, 4) is 16.9 Å². The van der Waals surface area contributed by atoms with Gasteiger partial charge in [0.15, 0.2) is 0 Å². The molecule has 5 rings (SSSR count). The SMILES string of the molecule is O=C(Oc1ccccc1C=NNC(=O)c1[nH]c2c(C(F)(F)F)cccc2c1-c1ccccc1Cl)c1ccco1. The lowest BCUT2D eigenvalue weighted by molar-refractivity contribution is -0.136. The molecule has 0 aliphatic heterocycles. The summed E-state index contributed by atoms with van der Waals surface area (Å²) in [4.78, 5) is 28.1. The third kappa shape index (κ3) is 5.27. The summed E-state index contributed by atoms with van der Waals surface area (Å²) < 4.78 is 51.6. The van der Waals surface area contributed by atoms with Crippen LogP contribution in [0.3, 0.4) is 0 Å². The van der Waals surface area contributed by atoms with Crippen LogP contribution in [0.15, 0.2) is 94.6 Å². The fraction of sp³-hybridized carbons (Fsp3) is 0.0357. The minimum atomic E-state index is -4.66. The number of hydrogen-bond acceptors (Lipinski definition) is 5. The van der Waals surface area contributed by atoms with Crippen molar-refractivity contribution in [2.45, 2.75) is 6.18 Å². The number of H-pyrrole nitrogens is 1. The summed E-state index contributed by atoms with van der Waals surface area (Å²) in [5, 5.41) is 4.35. The Hall–Kier alpha value is -4.83. The van der Waals surface area contributed by atoms with Gasteiger partial charge in [-0.1, -0.05) is 54.1 Å². The second kappa shape index (κ2) is 10.5. The summed E-state index contributed by atoms with van der Waals surface area (Å²) in [7, 11) is 0. The minimum absolute atomic E-state index is 0.000756. The highest BCUT2D eigenvalue weighted by molar-refractivity contribution is 6.34. The molecule has 0 fully saturated rings. The van der Waals surface area contributed by atoms with Crippen LogP contribution in [0, 0.1) is 0 Å². The quantitative estimate of drug-likeness (QED) is 0.102. The lowest BCUT2D eigenvalue weighted by Gasteiger charge is -2.08. The lowest BCUT2D eigenvalue weighted by atomic mass is 10.00. The maximum absolute atomic E-state index is 13.7. The molecule has 0 saturated heterocycles. The Bertz CT molecular complexity index is 1710. The van der Waals surface area contributed by atoms with Gasteiger partial charge in [0.25, 0.3) is 5.91 Å². The van der Waals surface area contributed by atoms with Crippen LogP contribution in [0.25, 0.3) is 22.0 Å². The topological polar surface area (TPSA) is 96.7 Å². The zero-order valence-electron chi connectivity index (χ0n) is 19.8. The van der Waals surface area contributed by atoms with Crippen LogP contribution in [0.2, 0.25) is 5.02 Å². The van der Waals surface area contributed by atoms with Crippen molar-refractivity contribution in [1.82, 2.24) is 10.4 Å². The number of furan rings is 1. The first kappa shape index (κ1) is 25.8. The zero-order chi connectivity index (χ0) is 27.6. The Morgan fingerprint density at radius 1 is 0.974 bits per heavy atom. The van der Waals surface area contributed by atoms with Crippen LogP contribution < -0.4 is 10.2 Å². The molecule has 2 aromatic heterocycles. The monoisotopic (exact) mass is 551 g/mol.